The highest BCUT2D eigenvalue weighted by molar-refractivity contribution is 6.04. The molecule has 1 aromatic heterocycles. The molecule has 1 N–H and O–H groups in total. The molecule has 1 amide bonds. The number of hydrogen-bond donors (Lipinski definition) is 1. The minimum atomic E-state index is -0.386. The van der Waals surface area contributed by atoms with E-state index in [1.807, 2.05) is 42.5 Å². The van der Waals surface area contributed by atoms with Gasteiger partial charge in [-0.3, -0.25) is 9.59 Å². The number of carbonyl (C=O) groups is 1. The van der Waals surface area contributed by atoms with E-state index in [1.54, 1.807) is 36.4 Å². The van der Waals surface area contributed by atoms with Crippen LogP contribution >= 0.6 is 0 Å². The molecule has 0 fully saturated rings. The van der Waals surface area contributed by atoms with Crippen molar-refractivity contribution >= 4 is 16.7 Å². The molecule has 0 aliphatic carbocycles. The molecule has 3 aromatic carbocycles. The average Bonchev–Trinajstić information content (AvgIpc) is 2.83. The Morgan fingerprint density at radius 3 is 2.42 bits per heavy atom. The highest BCUT2D eigenvalue weighted by Gasteiger charge is 2.23. The highest BCUT2D eigenvalue weighted by atomic mass is 16.6. The van der Waals surface area contributed by atoms with Gasteiger partial charge in [-0.15, -0.1) is 0 Å². The molecule has 0 saturated heterocycles. The number of hydrogen-bond acceptors (Lipinski definition) is 5. The van der Waals surface area contributed by atoms with E-state index in [0.717, 1.165) is 0 Å². The van der Waals surface area contributed by atoms with Crippen molar-refractivity contribution in [3.8, 4) is 17.2 Å². The number of fused-ring (bicyclic) bond motifs is 2. The fraction of sp³-hybridized carbons (Fsp3) is 0.125. The number of para-hydroxylation sites is 3. The van der Waals surface area contributed by atoms with Crippen molar-refractivity contribution < 1.29 is 14.3 Å². The van der Waals surface area contributed by atoms with Gasteiger partial charge in [-0.2, -0.15) is 9.78 Å². The molecule has 1 atom stereocenters. The van der Waals surface area contributed by atoms with E-state index in [9.17, 15) is 9.59 Å². The van der Waals surface area contributed by atoms with E-state index < -0.39 is 0 Å². The van der Waals surface area contributed by atoms with Crippen molar-refractivity contribution in [3.05, 3.63) is 94.9 Å². The van der Waals surface area contributed by atoms with E-state index in [2.05, 4.69) is 10.4 Å². The molecular weight excluding hydrogens is 394 g/mol. The highest BCUT2D eigenvalue weighted by Crippen LogP contribution is 2.30. The van der Waals surface area contributed by atoms with Crippen LogP contribution in [-0.4, -0.2) is 34.9 Å². The summed E-state index contributed by atoms with van der Waals surface area (Å²) in [7, 11) is 0. The number of aromatic nitrogens is 2. The van der Waals surface area contributed by atoms with Crippen LogP contribution in [0.3, 0.4) is 0 Å². The van der Waals surface area contributed by atoms with Crippen LogP contribution in [0, 0.1) is 0 Å². The Balaban J connectivity index is 1.44. The van der Waals surface area contributed by atoms with Gasteiger partial charge in [0.15, 0.2) is 17.2 Å². The van der Waals surface area contributed by atoms with Gasteiger partial charge < -0.3 is 14.8 Å². The van der Waals surface area contributed by atoms with Gasteiger partial charge in [0.25, 0.3) is 11.5 Å². The van der Waals surface area contributed by atoms with Crippen molar-refractivity contribution in [2.45, 2.75) is 6.10 Å². The SMILES string of the molecule is O=C(NC[C@@H]1COc2ccccc2O1)c1nn(-c2ccccc2)c(=O)c2ccccc12. The number of nitrogens with one attached hydrogen (secondary N) is 1. The molecule has 4 aromatic rings. The Kier molecular flexibility index (Phi) is 4.84. The molecule has 7 nitrogen and oxygen atoms in total. The van der Waals surface area contributed by atoms with Gasteiger partial charge >= 0.3 is 0 Å². The van der Waals surface area contributed by atoms with Crippen LogP contribution in [0.15, 0.2) is 83.7 Å². The Morgan fingerprint density at radius 2 is 1.61 bits per heavy atom. The maximum absolute atomic E-state index is 13.1. The monoisotopic (exact) mass is 413 g/mol. The van der Waals surface area contributed by atoms with Gasteiger partial charge in [0.1, 0.15) is 12.7 Å². The summed E-state index contributed by atoms with van der Waals surface area (Å²) in [5.74, 6) is 0.949. The number of rotatable bonds is 4. The molecule has 0 saturated carbocycles. The normalized spacial score (nSPS) is 14.9. The zero-order chi connectivity index (χ0) is 21.2. The number of ether oxygens (including phenoxy) is 2. The second kappa shape index (κ2) is 7.95. The van der Waals surface area contributed by atoms with Gasteiger partial charge in [0.05, 0.1) is 17.6 Å². The average molecular weight is 413 g/mol. The number of nitrogens with zero attached hydrogens (tertiary/aromatic N) is 2. The first-order valence-electron chi connectivity index (χ1n) is 9.95. The van der Waals surface area contributed by atoms with Gasteiger partial charge in [-0.1, -0.05) is 48.5 Å². The molecule has 1 aliphatic heterocycles. The van der Waals surface area contributed by atoms with Crippen LogP contribution in [0.1, 0.15) is 10.5 Å². The predicted octanol–water partition coefficient (Wildman–Crippen LogP) is 2.96. The molecule has 7 heteroatoms. The van der Waals surface area contributed by atoms with E-state index in [0.29, 0.717) is 34.6 Å². The summed E-state index contributed by atoms with van der Waals surface area (Å²) in [6.45, 7) is 0.572. The molecule has 0 radical (unpaired) electrons. The smallest absolute Gasteiger partial charge is 0.279 e. The topological polar surface area (TPSA) is 82.4 Å². The molecule has 0 bridgehead atoms. The van der Waals surface area contributed by atoms with Crippen LogP contribution in [-0.2, 0) is 0 Å². The molecular formula is C24H19N3O4. The van der Waals surface area contributed by atoms with E-state index >= 15 is 0 Å². The minimum absolute atomic E-state index is 0.177. The zero-order valence-electron chi connectivity index (χ0n) is 16.5. The maximum atomic E-state index is 13.1. The molecule has 0 spiro atoms. The van der Waals surface area contributed by atoms with Gasteiger partial charge in [0, 0.05) is 5.39 Å². The van der Waals surface area contributed by atoms with Gasteiger partial charge in [-0.05, 0) is 30.3 Å². The summed E-state index contributed by atoms with van der Waals surface area (Å²) in [6, 6.07) is 23.4. The Bertz CT molecular complexity index is 1320. The third kappa shape index (κ3) is 3.61. The van der Waals surface area contributed by atoms with E-state index in [-0.39, 0.29) is 29.8 Å². The lowest BCUT2D eigenvalue weighted by molar-refractivity contribution is 0.0786. The van der Waals surface area contributed by atoms with Crippen LogP contribution in [0.25, 0.3) is 16.5 Å². The Morgan fingerprint density at radius 1 is 0.935 bits per heavy atom. The number of benzene rings is 3. The van der Waals surface area contributed by atoms with Crippen molar-refractivity contribution in [1.82, 2.24) is 15.1 Å². The van der Waals surface area contributed by atoms with Crippen molar-refractivity contribution in [3.63, 3.8) is 0 Å². The third-order valence-electron chi connectivity index (χ3n) is 5.08. The summed E-state index contributed by atoms with van der Waals surface area (Å²) >= 11 is 0. The molecule has 154 valence electrons. The summed E-state index contributed by atoms with van der Waals surface area (Å²) in [5.41, 5.74) is 0.489. The van der Waals surface area contributed by atoms with Crippen molar-refractivity contribution in [2.75, 3.05) is 13.2 Å². The van der Waals surface area contributed by atoms with Gasteiger partial charge in [-0.25, -0.2) is 0 Å². The summed E-state index contributed by atoms with van der Waals surface area (Å²) in [4.78, 5) is 26.0. The fourth-order valence-corrected chi connectivity index (χ4v) is 3.56. The second-order valence-electron chi connectivity index (χ2n) is 7.15. The maximum Gasteiger partial charge on any atom is 0.279 e. The first-order chi connectivity index (χ1) is 15.2. The lowest BCUT2D eigenvalue weighted by Crippen LogP contribution is -2.41. The third-order valence-corrected chi connectivity index (χ3v) is 5.08. The standard InChI is InChI=1S/C24H19N3O4/c28-23(25-14-17-15-30-20-12-6-7-13-21(20)31-17)22-18-10-4-5-11-19(18)24(29)27(26-22)16-8-2-1-3-9-16/h1-13,17H,14-15H2,(H,25,28)/t17-/m1/s1. The summed E-state index contributed by atoms with van der Waals surface area (Å²) < 4.78 is 12.9. The van der Waals surface area contributed by atoms with Crippen LogP contribution in [0.2, 0.25) is 0 Å². The van der Waals surface area contributed by atoms with Crippen LogP contribution in [0.4, 0.5) is 0 Å². The molecule has 0 unspecified atom stereocenters. The number of amides is 1. The summed E-state index contributed by atoms with van der Waals surface area (Å²) in [6.07, 6.45) is -0.329. The lowest BCUT2D eigenvalue weighted by Gasteiger charge is -2.26. The Labute approximate surface area is 177 Å². The first-order valence-corrected chi connectivity index (χ1v) is 9.95. The fourth-order valence-electron chi connectivity index (χ4n) is 3.56. The predicted molar refractivity (Wildman–Crippen MR) is 116 cm³/mol. The molecule has 5 rings (SSSR count). The Hall–Kier alpha value is -4.13. The molecule has 31 heavy (non-hydrogen) atoms. The largest absolute Gasteiger partial charge is 0.486 e. The lowest BCUT2D eigenvalue weighted by atomic mass is 10.1. The molecule has 2 heterocycles. The van der Waals surface area contributed by atoms with Crippen LogP contribution < -0.4 is 20.3 Å². The van der Waals surface area contributed by atoms with E-state index in [1.165, 1.54) is 4.68 Å². The zero-order valence-corrected chi connectivity index (χ0v) is 16.5. The van der Waals surface area contributed by atoms with Gasteiger partial charge in [0.2, 0.25) is 0 Å². The quantitative estimate of drug-likeness (QED) is 0.556. The number of carbonyl (C=O) groups excluding carboxylic acids is 1. The summed E-state index contributed by atoms with van der Waals surface area (Å²) in [5, 5.41) is 8.19. The first kappa shape index (κ1) is 18.9. The minimum Gasteiger partial charge on any atom is -0.486 e. The van der Waals surface area contributed by atoms with Crippen LogP contribution in [0.5, 0.6) is 11.5 Å². The van der Waals surface area contributed by atoms with E-state index in [4.69, 9.17) is 9.47 Å². The molecule has 1 aliphatic rings. The second-order valence-corrected chi connectivity index (χ2v) is 7.15. The van der Waals surface area contributed by atoms with Crippen molar-refractivity contribution in [2.24, 2.45) is 0 Å². The van der Waals surface area contributed by atoms with Crippen molar-refractivity contribution in [1.29, 1.82) is 0 Å².